The van der Waals surface area contributed by atoms with Gasteiger partial charge in [0.15, 0.2) is 0 Å². The number of thiazole rings is 1. The monoisotopic (exact) mass is 391 g/mol. The van der Waals surface area contributed by atoms with Crippen molar-refractivity contribution < 1.29 is 0 Å². The molecule has 0 aliphatic heterocycles. The molecular weight excluding hydrogens is 378 g/mol. The Morgan fingerprint density at radius 2 is 1.74 bits per heavy atom. The van der Waals surface area contributed by atoms with E-state index in [2.05, 4.69) is 25.7 Å². The molecule has 0 aliphatic rings. The summed E-state index contributed by atoms with van der Waals surface area (Å²) < 4.78 is 1.06. The number of azo groups is 1. The Bertz CT molecular complexity index is 1090. The molecule has 0 bridgehead atoms. The molecule has 1 aromatic heterocycles. The number of benzene rings is 3. The summed E-state index contributed by atoms with van der Waals surface area (Å²) in [5.41, 5.74) is 5.52. The van der Waals surface area contributed by atoms with Gasteiger partial charge in [-0.3, -0.25) is 5.43 Å². The molecule has 132 valence electrons. The minimum absolute atomic E-state index is 0.417. The van der Waals surface area contributed by atoms with Gasteiger partial charge in [-0.2, -0.15) is 5.10 Å². The Morgan fingerprint density at radius 3 is 2.56 bits per heavy atom. The van der Waals surface area contributed by atoms with Crippen molar-refractivity contribution in [1.29, 1.82) is 0 Å². The Balaban J connectivity index is 1.66. The van der Waals surface area contributed by atoms with E-state index < -0.39 is 0 Å². The predicted octanol–water partition coefficient (Wildman–Crippen LogP) is 6.51. The van der Waals surface area contributed by atoms with Gasteiger partial charge in [0, 0.05) is 10.6 Å². The van der Waals surface area contributed by atoms with Crippen LogP contribution in [-0.4, -0.2) is 10.8 Å². The van der Waals surface area contributed by atoms with Gasteiger partial charge in [0.05, 0.1) is 15.9 Å². The van der Waals surface area contributed by atoms with Gasteiger partial charge in [0.25, 0.3) is 0 Å². The van der Waals surface area contributed by atoms with Gasteiger partial charge >= 0.3 is 0 Å². The summed E-state index contributed by atoms with van der Waals surface area (Å²) in [5, 5.41) is 14.2. The number of rotatable bonds is 4. The van der Waals surface area contributed by atoms with Crippen LogP contribution in [0.2, 0.25) is 5.02 Å². The Kier molecular flexibility index (Phi) is 5.18. The van der Waals surface area contributed by atoms with Crippen molar-refractivity contribution in [2.45, 2.75) is 0 Å². The second kappa shape index (κ2) is 8.07. The lowest BCUT2D eigenvalue weighted by atomic mass is 10.2. The first-order valence-corrected chi connectivity index (χ1v) is 9.39. The maximum absolute atomic E-state index is 6.12. The highest BCUT2D eigenvalue weighted by molar-refractivity contribution is 7.21. The zero-order valence-electron chi connectivity index (χ0n) is 14.1. The molecule has 0 unspecified atom stereocenters. The number of halogens is 1. The highest BCUT2D eigenvalue weighted by Gasteiger charge is 2.06. The third kappa shape index (κ3) is 4.36. The molecule has 0 saturated heterocycles. The van der Waals surface area contributed by atoms with Crippen molar-refractivity contribution in [3.63, 3.8) is 0 Å². The molecule has 0 radical (unpaired) electrons. The quantitative estimate of drug-likeness (QED) is 0.186. The fourth-order valence-electron chi connectivity index (χ4n) is 2.40. The van der Waals surface area contributed by atoms with Crippen LogP contribution in [0.1, 0.15) is 5.56 Å². The van der Waals surface area contributed by atoms with Crippen LogP contribution in [0.4, 0.5) is 10.8 Å². The van der Waals surface area contributed by atoms with Gasteiger partial charge in [-0.25, -0.2) is 4.98 Å². The van der Waals surface area contributed by atoms with E-state index in [1.165, 1.54) is 11.3 Å². The third-order valence-electron chi connectivity index (χ3n) is 3.66. The molecule has 0 aliphatic carbocycles. The molecule has 1 heterocycles. The number of anilines is 1. The molecule has 0 saturated carbocycles. The maximum atomic E-state index is 6.12. The molecule has 0 spiro atoms. The number of hydrogen-bond donors (Lipinski definition) is 1. The van der Waals surface area contributed by atoms with E-state index in [0.29, 0.717) is 16.0 Å². The van der Waals surface area contributed by atoms with E-state index in [1.54, 1.807) is 12.1 Å². The van der Waals surface area contributed by atoms with Gasteiger partial charge in [0.1, 0.15) is 0 Å². The maximum Gasteiger partial charge on any atom is 0.231 e. The zero-order valence-corrected chi connectivity index (χ0v) is 15.7. The van der Waals surface area contributed by atoms with Crippen molar-refractivity contribution in [3.05, 3.63) is 89.4 Å². The minimum Gasteiger partial charge on any atom is -0.276 e. The summed E-state index contributed by atoms with van der Waals surface area (Å²) in [6.07, 6.45) is 0. The van der Waals surface area contributed by atoms with Crippen molar-refractivity contribution in [3.8, 4) is 0 Å². The normalized spacial score (nSPS) is 12.0. The summed E-state index contributed by atoms with van der Waals surface area (Å²) in [4.78, 5) is 4.47. The Hall–Kier alpha value is -3.09. The largest absolute Gasteiger partial charge is 0.276 e. The minimum atomic E-state index is 0.417. The van der Waals surface area contributed by atoms with Gasteiger partial charge in [-0.1, -0.05) is 65.4 Å². The smallest absolute Gasteiger partial charge is 0.231 e. The van der Waals surface area contributed by atoms with E-state index in [9.17, 15) is 0 Å². The summed E-state index contributed by atoms with van der Waals surface area (Å²) in [6.45, 7) is 0. The molecule has 0 atom stereocenters. The molecule has 0 fully saturated rings. The average Bonchev–Trinajstić information content (AvgIpc) is 3.12. The summed E-state index contributed by atoms with van der Waals surface area (Å²) in [7, 11) is 0. The fourth-order valence-corrected chi connectivity index (χ4v) is 3.37. The molecule has 1 N–H and O–H groups in total. The lowest BCUT2D eigenvalue weighted by Gasteiger charge is -2.03. The van der Waals surface area contributed by atoms with Crippen LogP contribution in [0.5, 0.6) is 0 Å². The van der Waals surface area contributed by atoms with Crippen LogP contribution in [0.25, 0.3) is 10.2 Å². The summed E-state index contributed by atoms with van der Waals surface area (Å²) in [6, 6.07) is 24.9. The van der Waals surface area contributed by atoms with Gasteiger partial charge in [0.2, 0.25) is 11.0 Å². The van der Waals surface area contributed by atoms with E-state index in [-0.39, 0.29) is 0 Å². The van der Waals surface area contributed by atoms with Crippen molar-refractivity contribution in [1.82, 2.24) is 4.98 Å². The van der Waals surface area contributed by atoms with E-state index in [4.69, 9.17) is 11.6 Å². The molecule has 27 heavy (non-hydrogen) atoms. The second-order valence-corrected chi connectivity index (χ2v) is 7.03. The Labute approximate surface area is 165 Å². The molecule has 7 heteroatoms. The Morgan fingerprint density at radius 1 is 0.926 bits per heavy atom. The molecular formula is C20H14ClN5S. The number of fused-ring (bicyclic) bond motifs is 1. The predicted molar refractivity (Wildman–Crippen MR) is 112 cm³/mol. The van der Waals surface area contributed by atoms with Crippen LogP contribution in [0.3, 0.4) is 0 Å². The highest BCUT2D eigenvalue weighted by Crippen LogP contribution is 2.28. The molecule has 3 aromatic carbocycles. The van der Waals surface area contributed by atoms with Gasteiger partial charge in [-0.05, 0) is 36.4 Å². The number of nitrogens with zero attached hydrogens (tertiary/aromatic N) is 4. The van der Waals surface area contributed by atoms with Gasteiger partial charge < -0.3 is 0 Å². The average molecular weight is 392 g/mol. The number of amidine groups is 1. The molecule has 5 nitrogen and oxygen atoms in total. The van der Waals surface area contributed by atoms with E-state index in [1.807, 2.05) is 66.7 Å². The van der Waals surface area contributed by atoms with Crippen LogP contribution in [0, 0.1) is 0 Å². The van der Waals surface area contributed by atoms with Crippen LogP contribution < -0.4 is 5.43 Å². The van der Waals surface area contributed by atoms with Crippen LogP contribution >= 0.6 is 22.9 Å². The number of hydrogen-bond acceptors (Lipinski definition) is 5. The summed E-state index contributed by atoms with van der Waals surface area (Å²) >= 11 is 7.60. The second-order valence-electron chi connectivity index (χ2n) is 5.59. The lowest BCUT2D eigenvalue weighted by Crippen LogP contribution is -2.01. The standard InChI is InChI=1S/C20H14ClN5S/c21-15-8-6-7-14(13-15)19(24-23-16-9-2-1-3-10-16)25-26-20-22-17-11-4-5-12-18(17)27-20/h1-13,23H. The number of aromatic nitrogens is 1. The molecule has 0 amide bonds. The fraction of sp³-hybridized carbons (Fsp3) is 0. The number of hydrazone groups is 1. The molecule has 4 rings (SSSR count). The molecule has 4 aromatic rings. The SMILES string of the molecule is Clc1cccc(C(N=Nc2nc3ccccc3s2)=NNc2ccccc2)c1. The van der Waals surface area contributed by atoms with Crippen molar-refractivity contribution in [2.75, 3.05) is 5.43 Å². The highest BCUT2D eigenvalue weighted by atomic mass is 35.5. The van der Waals surface area contributed by atoms with Crippen LogP contribution in [-0.2, 0) is 0 Å². The van der Waals surface area contributed by atoms with Crippen molar-refractivity contribution in [2.24, 2.45) is 15.3 Å². The topological polar surface area (TPSA) is 62.0 Å². The third-order valence-corrected chi connectivity index (χ3v) is 4.82. The number of para-hydroxylation sites is 2. The number of nitrogens with one attached hydrogen (secondary N) is 1. The van der Waals surface area contributed by atoms with Gasteiger partial charge in [-0.15, -0.1) is 10.2 Å². The van der Waals surface area contributed by atoms with E-state index >= 15 is 0 Å². The van der Waals surface area contributed by atoms with Crippen molar-refractivity contribution >= 4 is 49.8 Å². The first-order chi connectivity index (χ1) is 13.3. The van der Waals surface area contributed by atoms with Crippen LogP contribution in [0.15, 0.2) is 94.2 Å². The first-order valence-electron chi connectivity index (χ1n) is 8.20. The van der Waals surface area contributed by atoms with E-state index in [0.717, 1.165) is 21.5 Å². The zero-order chi connectivity index (χ0) is 18.5. The first kappa shape index (κ1) is 17.3. The lowest BCUT2D eigenvalue weighted by molar-refractivity contribution is 1.21. The summed E-state index contributed by atoms with van der Waals surface area (Å²) in [5.74, 6) is 0.417.